The summed E-state index contributed by atoms with van der Waals surface area (Å²) in [5.41, 5.74) is 4.43. The highest BCUT2D eigenvalue weighted by Gasteiger charge is 2.29. The number of hydrogen-bond donors (Lipinski definition) is 3. The largest absolute Gasteiger partial charge is 0.481 e. The third-order valence-electron chi connectivity index (χ3n) is 5.90. The highest BCUT2D eigenvalue weighted by Crippen LogP contribution is 2.44. The van der Waals surface area contributed by atoms with Crippen molar-refractivity contribution in [2.45, 2.75) is 25.7 Å². The summed E-state index contributed by atoms with van der Waals surface area (Å²) < 4.78 is 10.5. The maximum absolute atomic E-state index is 12.4. The Morgan fingerprint density at radius 3 is 2.35 bits per heavy atom. The fraction of sp³-hybridized carbons (Fsp3) is 0.280. The monoisotopic (exact) mass is 463 g/mol. The topological polar surface area (TPSA) is 131 Å². The summed E-state index contributed by atoms with van der Waals surface area (Å²) in [7, 11) is 0. The van der Waals surface area contributed by atoms with E-state index in [-0.39, 0.29) is 43.0 Å². The summed E-state index contributed by atoms with van der Waals surface area (Å²) in [5.74, 6) is -1.73. The van der Waals surface area contributed by atoms with Crippen LogP contribution in [-0.2, 0) is 9.53 Å². The molecule has 1 atom stereocenters. The lowest BCUT2D eigenvalue weighted by molar-refractivity contribution is -0.138. The van der Waals surface area contributed by atoms with E-state index in [1.165, 1.54) is 6.07 Å². The smallest absolute Gasteiger partial charge is 0.414 e. The quantitative estimate of drug-likeness (QED) is 0.432. The minimum atomic E-state index is -0.919. The molecule has 9 nitrogen and oxygen atoms in total. The van der Waals surface area contributed by atoms with Gasteiger partial charge in [0, 0.05) is 24.9 Å². The van der Waals surface area contributed by atoms with Crippen LogP contribution in [0, 0.1) is 5.92 Å². The van der Waals surface area contributed by atoms with Gasteiger partial charge in [-0.1, -0.05) is 67.0 Å². The number of fused-ring (bicyclic) bond motifs is 3. The van der Waals surface area contributed by atoms with Gasteiger partial charge < -0.3 is 19.7 Å². The van der Waals surface area contributed by atoms with Crippen LogP contribution < -0.4 is 10.6 Å². The van der Waals surface area contributed by atoms with Gasteiger partial charge in [-0.05, 0) is 28.2 Å². The van der Waals surface area contributed by atoms with Crippen LogP contribution in [0.25, 0.3) is 11.1 Å². The van der Waals surface area contributed by atoms with Crippen LogP contribution in [0.5, 0.6) is 0 Å². The molecule has 176 valence electrons. The summed E-state index contributed by atoms with van der Waals surface area (Å²) in [5, 5.41) is 17.6. The van der Waals surface area contributed by atoms with E-state index in [0.717, 1.165) is 22.3 Å². The van der Waals surface area contributed by atoms with Gasteiger partial charge in [0.05, 0.1) is 0 Å². The van der Waals surface area contributed by atoms with Gasteiger partial charge >= 0.3 is 12.1 Å². The molecule has 4 rings (SSSR count). The van der Waals surface area contributed by atoms with Crippen LogP contribution in [0.15, 0.2) is 59.1 Å². The second-order valence-electron chi connectivity index (χ2n) is 8.11. The fourth-order valence-corrected chi connectivity index (χ4v) is 4.11. The third kappa shape index (κ3) is 5.09. The van der Waals surface area contributed by atoms with Crippen molar-refractivity contribution in [2.75, 3.05) is 18.5 Å². The molecule has 0 fully saturated rings. The number of aliphatic carboxylic acids is 1. The predicted molar refractivity (Wildman–Crippen MR) is 124 cm³/mol. The number of carbonyl (C=O) groups is 3. The van der Waals surface area contributed by atoms with E-state index in [1.54, 1.807) is 0 Å². The minimum Gasteiger partial charge on any atom is -0.481 e. The van der Waals surface area contributed by atoms with Crippen molar-refractivity contribution >= 4 is 23.9 Å². The molecule has 2 aromatic carbocycles. The molecule has 34 heavy (non-hydrogen) atoms. The maximum atomic E-state index is 12.4. The molecule has 1 unspecified atom stereocenters. The number of rotatable bonds is 9. The zero-order valence-corrected chi connectivity index (χ0v) is 18.6. The second-order valence-corrected chi connectivity index (χ2v) is 8.11. The number of hydrogen-bond acceptors (Lipinski definition) is 6. The molecule has 0 saturated heterocycles. The number of amides is 2. The molecule has 1 aliphatic rings. The Bertz CT molecular complexity index is 1160. The summed E-state index contributed by atoms with van der Waals surface area (Å²) in [6.45, 7) is 2.19. The van der Waals surface area contributed by atoms with Crippen molar-refractivity contribution in [3.8, 4) is 11.1 Å². The van der Waals surface area contributed by atoms with Gasteiger partial charge in [0.2, 0.25) is 5.88 Å². The number of benzene rings is 2. The highest BCUT2D eigenvalue weighted by atomic mass is 16.6. The first-order valence-electron chi connectivity index (χ1n) is 11.0. The van der Waals surface area contributed by atoms with Gasteiger partial charge in [-0.25, -0.2) is 4.79 Å². The van der Waals surface area contributed by atoms with Crippen LogP contribution in [0.1, 0.15) is 47.3 Å². The van der Waals surface area contributed by atoms with E-state index in [0.29, 0.717) is 6.42 Å². The van der Waals surface area contributed by atoms with E-state index in [4.69, 9.17) is 14.4 Å². The molecular weight excluding hydrogens is 438 g/mol. The van der Waals surface area contributed by atoms with E-state index in [1.807, 2.05) is 43.3 Å². The Kier molecular flexibility index (Phi) is 6.91. The number of aromatic nitrogens is 1. The number of anilines is 1. The van der Waals surface area contributed by atoms with Crippen LogP contribution in [0.3, 0.4) is 0 Å². The van der Waals surface area contributed by atoms with Crippen molar-refractivity contribution in [2.24, 2.45) is 5.92 Å². The Balaban J connectivity index is 1.32. The minimum absolute atomic E-state index is 0.0278. The Labute approximate surface area is 196 Å². The number of nitrogens with one attached hydrogen (secondary N) is 2. The van der Waals surface area contributed by atoms with Gasteiger partial charge in [0.25, 0.3) is 5.91 Å². The highest BCUT2D eigenvalue weighted by molar-refractivity contribution is 5.93. The van der Waals surface area contributed by atoms with Crippen LogP contribution in [0.2, 0.25) is 0 Å². The Morgan fingerprint density at radius 2 is 1.74 bits per heavy atom. The van der Waals surface area contributed by atoms with Gasteiger partial charge in [0.15, 0.2) is 5.69 Å². The molecule has 0 radical (unpaired) electrons. The van der Waals surface area contributed by atoms with E-state index in [2.05, 4.69) is 27.9 Å². The Hall–Kier alpha value is -4.14. The maximum Gasteiger partial charge on any atom is 0.414 e. The standard InChI is InChI=1S/C25H25N3O6/c1-2-15(11-23(29)30)13-26-24(31)21-12-22(34-28-21)27-25(32)33-14-20-18-9-5-3-7-16(18)17-8-4-6-10-19(17)20/h3-10,12,15,20H,2,11,13-14H2,1H3,(H,26,31)(H,27,32)(H,29,30). The number of nitrogens with zero attached hydrogens (tertiary/aromatic N) is 1. The second kappa shape index (κ2) is 10.2. The number of carboxylic acid groups (broad SMARTS) is 1. The Morgan fingerprint density at radius 1 is 1.09 bits per heavy atom. The first-order chi connectivity index (χ1) is 16.5. The van der Waals surface area contributed by atoms with E-state index >= 15 is 0 Å². The molecule has 0 aliphatic heterocycles. The van der Waals surface area contributed by atoms with Gasteiger partial charge in [-0.15, -0.1) is 0 Å². The van der Waals surface area contributed by atoms with Crippen LogP contribution in [0.4, 0.5) is 10.7 Å². The molecule has 0 spiro atoms. The average Bonchev–Trinajstić information content (AvgIpc) is 3.42. The van der Waals surface area contributed by atoms with Gasteiger partial charge in [-0.3, -0.25) is 14.9 Å². The zero-order chi connectivity index (χ0) is 24.1. The van der Waals surface area contributed by atoms with Gasteiger partial charge in [-0.2, -0.15) is 0 Å². The van der Waals surface area contributed by atoms with Crippen molar-refractivity contribution in [3.63, 3.8) is 0 Å². The van der Waals surface area contributed by atoms with Crippen molar-refractivity contribution in [3.05, 3.63) is 71.4 Å². The summed E-state index contributed by atoms with van der Waals surface area (Å²) >= 11 is 0. The third-order valence-corrected chi connectivity index (χ3v) is 5.90. The van der Waals surface area contributed by atoms with Gasteiger partial charge in [0.1, 0.15) is 6.61 Å². The summed E-state index contributed by atoms with van der Waals surface area (Å²) in [6.07, 6.45) is -0.151. The predicted octanol–water partition coefficient (Wildman–Crippen LogP) is 4.27. The lowest BCUT2D eigenvalue weighted by Crippen LogP contribution is -2.30. The van der Waals surface area contributed by atoms with Crippen molar-refractivity contribution in [1.82, 2.24) is 10.5 Å². The lowest BCUT2D eigenvalue weighted by atomic mass is 9.98. The average molecular weight is 463 g/mol. The molecule has 1 aromatic heterocycles. The van der Waals surface area contributed by atoms with Crippen LogP contribution in [-0.4, -0.2) is 41.4 Å². The molecule has 1 aliphatic carbocycles. The number of ether oxygens (including phenoxy) is 1. The summed E-state index contributed by atoms with van der Waals surface area (Å²) in [6, 6.07) is 17.3. The molecular formula is C25H25N3O6. The molecule has 9 heteroatoms. The molecule has 0 bridgehead atoms. The lowest BCUT2D eigenvalue weighted by Gasteiger charge is -2.14. The fourth-order valence-electron chi connectivity index (χ4n) is 4.11. The number of carbonyl (C=O) groups excluding carboxylic acids is 2. The summed E-state index contributed by atoms with van der Waals surface area (Å²) in [4.78, 5) is 35.5. The van der Waals surface area contributed by atoms with Crippen LogP contribution >= 0.6 is 0 Å². The van der Waals surface area contributed by atoms with Crippen molar-refractivity contribution in [1.29, 1.82) is 0 Å². The molecule has 3 N–H and O–H groups in total. The van der Waals surface area contributed by atoms with E-state index < -0.39 is 18.0 Å². The molecule has 1 heterocycles. The SMILES string of the molecule is CCC(CNC(=O)c1cc(NC(=O)OCC2c3ccccc3-c3ccccc32)on1)CC(=O)O. The zero-order valence-electron chi connectivity index (χ0n) is 18.6. The molecule has 2 amide bonds. The van der Waals surface area contributed by atoms with E-state index in [9.17, 15) is 14.4 Å². The molecule has 3 aromatic rings. The number of carboxylic acids is 1. The first-order valence-corrected chi connectivity index (χ1v) is 11.0. The first kappa shape index (κ1) is 23.0. The van der Waals surface area contributed by atoms with Crippen molar-refractivity contribution < 1.29 is 28.8 Å². The molecule has 0 saturated carbocycles. The normalized spacial score (nSPS) is 13.0.